The van der Waals surface area contributed by atoms with E-state index < -0.39 is 0 Å². The molecular formula is C6H15NO3. The zero-order valence-electron chi connectivity index (χ0n) is 6.96. The summed E-state index contributed by atoms with van der Waals surface area (Å²) < 4.78 is 8.94. The quantitative estimate of drug-likeness (QED) is 0.417. The average Bonchev–Trinajstić information content (AvgIpc) is 1.91. The standard InChI is InChI=1S/C3H7NO.C3H8O2/c1-4(2)3-5;1-4-3-5-2/h3H,1-2H3;3H2,1-2H3. The van der Waals surface area contributed by atoms with Gasteiger partial charge in [-0.25, -0.2) is 0 Å². The first-order valence-corrected chi connectivity index (χ1v) is 2.78. The fourth-order valence-corrected chi connectivity index (χ4v) is 0.118. The molecule has 0 aliphatic carbocycles. The molecule has 0 unspecified atom stereocenters. The third-order valence-electron chi connectivity index (χ3n) is 0.447. The molecule has 10 heavy (non-hydrogen) atoms. The summed E-state index contributed by atoms with van der Waals surface area (Å²) in [4.78, 5) is 10.9. The summed E-state index contributed by atoms with van der Waals surface area (Å²) in [5.41, 5.74) is 0. The van der Waals surface area contributed by atoms with Crippen molar-refractivity contribution in [1.82, 2.24) is 4.90 Å². The third-order valence-corrected chi connectivity index (χ3v) is 0.447. The van der Waals surface area contributed by atoms with Crippen LogP contribution >= 0.6 is 0 Å². The highest BCUT2D eigenvalue weighted by Crippen LogP contribution is 1.60. The van der Waals surface area contributed by atoms with Crippen LogP contribution in [0.2, 0.25) is 0 Å². The predicted octanol–water partition coefficient (Wildman–Crippen LogP) is -0.0589. The number of amides is 1. The van der Waals surface area contributed by atoms with Crippen LogP contribution in [0.4, 0.5) is 0 Å². The lowest BCUT2D eigenvalue weighted by Crippen LogP contribution is -2.06. The minimum atomic E-state index is 0.389. The Morgan fingerprint density at radius 2 is 1.60 bits per heavy atom. The summed E-state index contributed by atoms with van der Waals surface area (Å²) in [7, 11) is 6.55. The van der Waals surface area contributed by atoms with Gasteiger partial charge in [-0.15, -0.1) is 0 Å². The average molecular weight is 149 g/mol. The number of nitrogens with zero attached hydrogens (tertiary/aromatic N) is 1. The second-order valence-corrected chi connectivity index (χ2v) is 1.76. The maximum atomic E-state index is 9.43. The number of carbonyl (C=O) groups is 1. The van der Waals surface area contributed by atoms with Gasteiger partial charge in [0.25, 0.3) is 0 Å². The summed E-state index contributed by atoms with van der Waals surface area (Å²) in [6.07, 6.45) is 0.750. The Morgan fingerprint density at radius 1 is 1.30 bits per heavy atom. The first-order valence-electron chi connectivity index (χ1n) is 2.78. The number of carbonyl (C=O) groups excluding carboxylic acids is 1. The van der Waals surface area contributed by atoms with Gasteiger partial charge in [-0.05, 0) is 0 Å². The van der Waals surface area contributed by atoms with Gasteiger partial charge in [-0.2, -0.15) is 0 Å². The Morgan fingerprint density at radius 3 is 1.60 bits per heavy atom. The van der Waals surface area contributed by atoms with E-state index in [2.05, 4.69) is 9.47 Å². The zero-order chi connectivity index (χ0) is 8.41. The fraction of sp³-hybridized carbons (Fsp3) is 0.833. The van der Waals surface area contributed by atoms with Gasteiger partial charge in [0.15, 0.2) is 0 Å². The first kappa shape index (κ1) is 12.1. The molecule has 0 atom stereocenters. The van der Waals surface area contributed by atoms with Crippen LogP contribution in [0.5, 0.6) is 0 Å². The maximum Gasteiger partial charge on any atom is 0.209 e. The van der Waals surface area contributed by atoms with Gasteiger partial charge >= 0.3 is 0 Å². The van der Waals surface area contributed by atoms with Gasteiger partial charge in [0.1, 0.15) is 6.79 Å². The molecule has 0 heterocycles. The van der Waals surface area contributed by atoms with Gasteiger partial charge in [0, 0.05) is 28.3 Å². The highest BCUT2D eigenvalue weighted by atomic mass is 16.6. The molecule has 4 heteroatoms. The largest absolute Gasteiger partial charge is 0.359 e. The topological polar surface area (TPSA) is 38.8 Å². The number of hydrogen-bond donors (Lipinski definition) is 0. The van der Waals surface area contributed by atoms with Crippen LogP contribution < -0.4 is 0 Å². The first-order chi connectivity index (χ1) is 4.68. The SMILES string of the molecule is CN(C)C=O.COCOC. The van der Waals surface area contributed by atoms with Crippen molar-refractivity contribution in [3.63, 3.8) is 0 Å². The molecule has 0 aromatic heterocycles. The van der Waals surface area contributed by atoms with E-state index in [4.69, 9.17) is 0 Å². The Kier molecular flexibility index (Phi) is 13.6. The summed E-state index contributed by atoms with van der Waals surface area (Å²) >= 11 is 0. The van der Waals surface area contributed by atoms with Crippen LogP contribution in [0.15, 0.2) is 0 Å². The lowest BCUT2D eigenvalue weighted by atomic mass is 11.0. The Bertz CT molecular complexity index is 64.0. The molecule has 0 fully saturated rings. The molecule has 0 saturated carbocycles. The molecule has 0 spiro atoms. The van der Waals surface area contributed by atoms with Crippen molar-refractivity contribution >= 4 is 6.41 Å². The predicted molar refractivity (Wildman–Crippen MR) is 38.6 cm³/mol. The summed E-state index contributed by atoms with van der Waals surface area (Å²) in [6.45, 7) is 0.389. The van der Waals surface area contributed by atoms with Crippen LogP contribution in [0.25, 0.3) is 0 Å². The molecule has 0 aromatic carbocycles. The van der Waals surface area contributed by atoms with Crippen molar-refractivity contribution in [1.29, 1.82) is 0 Å². The molecule has 0 aromatic rings. The lowest BCUT2D eigenvalue weighted by Gasteiger charge is -1.93. The highest BCUT2D eigenvalue weighted by Gasteiger charge is 1.68. The normalized spacial score (nSPS) is 7.60. The molecule has 0 radical (unpaired) electrons. The second kappa shape index (κ2) is 11.2. The summed E-state index contributed by atoms with van der Waals surface area (Å²) in [5, 5.41) is 0. The highest BCUT2D eigenvalue weighted by molar-refractivity contribution is 5.45. The van der Waals surface area contributed by atoms with Crippen LogP contribution in [0.3, 0.4) is 0 Å². The minimum absolute atomic E-state index is 0.389. The number of methoxy groups -OCH3 is 2. The van der Waals surface area contributed by atoms with Crippen molar-refractivity contribution in [3.8, 4) is 0 Å². The fourth-order valence-electron chi connectivity index (χ4n) is 0.118. The van der Waals surface area contributed by atoms with E-state index in [1.54, 1.807) is 28.3 Å². The van der Waals surface area contributed by atoms with Gasteiger partial charge in [0.05, 0.1) is 0 Å². The van der Waals surface area contributed by atoms with E-state index in [0.717, 1.165) is 6.41 Å². The lowest BCUT2D eigenvalue weighted by molar-refractivity contribution is -0.115. The van der Waals surface area contributed by atoms with Crippen LogP contribution in [0.1, 0.15) is 0 Å². The van der Waals surface area contributed by atoms with Gasteiger partial charge in [0.2, 0.25) is 6.41 Å². The molecule has 0 bridgehead atoms. The van der Waals surface area contributed by atoms with Gasteiger partial charge in [-0.1, -0.05) is 0 Å². The van der Waals surface area contributed by atoms with Crippen molar-refractivity contribution in [2.75, 3.05) is 35.1 Å². The van der Waals surface area contributed by atoms with Crippen molar-refractivity contribution in [3.05, 3.63) is 0 Å². The summed E-state index contributed by atoms with van der Waals surface area (Å²) in [5.74, 6) is 0. The third kappa shape index (κ3) is 26.3. The maximum absolute atomic E-state index is 9.43. The van der Waals surface area contributed by atoms with E-state index in [1.165, 1.54) is 4.90 Å². The molecule has 62 valence electrons. The van der Waals surface area contributed by atoms with Gasteiger partial charge in [-0.3, -0.25) is 4.79 Å². The molecule has 0 rings (SSSR count). The van der Waals surface area contributed by atoms with Crippen molar-refractivity contribution in [2.24, 2.45) is 0 Å². The van der Waals surface area contributed by atoms with Crippen LogP contribution in [-0.2, 0) is 14.3 Å². The molecule has 0 aliphatic heterocycles. The molecule has 4 nitrogen and oxygen atoms in total. The molecular weight excluding hydrogens is 134 g/mol. The molecule has 0 N–H and O–H groups in total. The van der Waals surface area contributed by atoms with E-state index in [-0.39, 0.29) is 0 Å². The Balaban J connectivity index is 0. The monoisotopic (exact) mass is 149 g/mol. The minimum Gasteiger partial charge on any atom is -0.359 e. The number of rotatable bonds is 3. The van der Waals surface area contributed by atoms with E-state index in [0.29, 0.717) is 6.79 Å². The smallest absolute Gasteiger partial charge is 0.209 e. The van der Waals surface area contributed by atoms with E-state index in [9.17, 15) is 4.79 Å². The number of hydrogen-bond acceptors (Lipinski definition) is 3. The second-order valence-electron chi connectivity index (χ2n) is 1.76. The molecule has 0 saturated heterocycles. The van der Waals surface area contributed by atoms with E-state index >= 15 is 0 Å². The molecule has 0 aliphatic rings. The van der Waals surface area contributed by atoms with Crippen molar-refractivity contribution < 1.29 is 14.3 Å². The van der Waals surface area contributed by atoms with Gasteiger partial charge < -0.3 is 14.4 Å². The molecule has 1 amide bonds. The van der Waals surface area contributed by atoms with Crippen molar-refractivity contribution in [2.45, 2.75) is 0 Å². The van der Waals surface area contributed by atoms with Crippen LogP contribution in [-0.4, -0.2) is 46.4 Å². The Hall–Kier alpha value is -0.610. The summed E-state index contributed by atoms with van der Waals surface area (Å²) in [6, 6.07) is 0. The van der Waals surface area contributed by atoms with E-state index in [1.807, 2.05) is 0 Å². The number of ether oxygens (including phenoxy) is 2. The Labute approximate surface area is 61.7 Å². The van der Waals surface area contributed by atoms with Crippen LogP contribution in [0, 0.1) is 0 Å². The zero-order valence-corrected chi connectivity index (χ0v) is 6.96.